The van der Waals surface area contributed by atoms with E-state index >= 15 is 0 Å². The number of nitrogens with zero attached hydrogens (tertiary/aromatic N) is 5. The van der Waals surface area contributed by atoms with Crippen LogP contribution in [0.2, 0.25) is 0 Å². The maximum atomic E-state index is 14.3. The zero-order chi connectivity index (χ0) is 49.6. The minimum Gasteiger partial charge on any atom is -0.451 e. The van der Waals surface area contributed by atoms with Crippen molar-refractivity contribution in [3.8, 4) is 11.5 Å². The molecule has 3 heterocycles. The number of halogens is 1. The average molecular weight is 1020 g/mol. The Balaban J connectivity index is 0.000000855. The molecule has 3 aliphatic rings. The first-order valence-corrected chi connectivity index (χ1v) is 28.9. The third-order valence-electron chi connectivity index (χ3n) is 9.41. The second kappa shape index (κ2) is 24.5. The van der Waals surface area contributed by atoms with Gasteiger partial charge in [-0.05, 0) is 103 Å². The Morgan fingerprint density at radius 2 is 1.25 bits per heavy atom. The van der Waals surface area contributed by atoms with E-state index in [0.717, 1.165) is 71.2 Å². The SMILES string of the molecule is CC(C)N(C(=O)c1cc(F)ccc1Oc1cncnc1N1CC2(CCN(CC3CCC(NS(C)(=O)=O)CC3)CC2)C1)C(C)C.CS(=O)(=O)O.CS(=O)(=O)O.CS(=O)(=O)O.CS(=O)(=O)O. The van der Waals surface area contributed by atoms with Crippen LogP contribution in [0, 0.1) is 17.2 Å². The van der Waals surface area contributed by atoms with E-state index in [1.54, 1.807) is 11.1 Å². The van der Waals surface area contributed by atoms with Gasteiger partial charge in [0.1, 0.15) is 17.9 Å². The molecule has 370 valence electrons. The van der Waals surface area contributed by atoms with E-state index in [-0.39, 0.29) is 40.8 Å². The molecule has 0 unspecified atom stereocenters. The van der Waals surface area contributed by atoms with Gasteiger partial charge in [0.05, 0.1) is 43.0 Å². The smallest absolute Gasteiger partial charge is 0.261 e. The third kappa shape index (κ3) is 26.7. The van der Waals surface area contributed by atoms with Gasteiger partial charge >= 0.3 is 0 Å². The summed E-state index contributed by atoms with van der Waals surface area (Å²) in [5.74, 6) is 1.25. The zero-order valence-corrected chi connectivity index (χ0v) is 41.4. The number of hydrogen-bond donors (Lipinski definition) is 5. The maximum absolute atomic E-state index is 14.3. The molecule has 0 radical (unpaired) electrons. The number of benzene rings is 1. The van der Waals surface area contributed by atoms with Crippen molar-refractivity contribution < 1.29 is 74.2 Å². The summed E-state index contributed by atoms with van der Waals surface area (Å²) < 4.78 is 150. The van der Waals surface area contributed by atoms with Crippen molar-refractivity contribution in [2.45, 2.75) is 84.3 Å². The molecule has 1 saturated carbocycles. The summed E-state index contributed by atoms with van der Waals surface area (Å²) in [6.07, 6.45) is 13.4. The number of carbonyl (C=O) groups excluding carboxylic acids is 1. The van der Waals surface area contributed by atoms with Crippen molar-refractivity contribution in [2.24, 2.45) is 11.3 Å². The lowest BCUT2D eigenvalue weighted by Gasteiger charge is -2.54. The molecule has 2 aromatic rings. The van der Waals surface area contributed by atoms with Crippen LogP contribution in [0.4, 0.5) is 10.2 Å². The predicted octanol–water partition coefficient (Wildman–Crippen LogP) is 2.69. The van der Waals surface area contributed by atoms with E-state index in [1.807, 2.05) is 27.7 Å². The highest BCUT2D eigenvalue weighted by atomic mass is 32.2. The van der Waals surface area contributed by atoms with Gasteiger partial charge in [0.2, 0.25) is 10.0 Å². The first-order valence-electron chi connectivity index (χ1n) is 19.6. The lowest BCUT2D eigenvalue weighted by Crippen LogP contribution is -2.61. The van der Waals surface area contributed by atoms with Crippen molar-refractivity contribution in [1.82, 2.24) is 24.5 Å². The number of sulfonamides is 1. The highest BCUT2D eigenvalue weighted by Gasteiger charge is 2.46. The van der Waals surface area contributed by atoms with Crippen LogP contribution in [0.1, 0.15) is 76.6 Å². The summed E-state index contributed by atoms with van der Waals surface area (Å²) in [6, 6.07) is 4.00. The second-order valence-electron chi connectivity index (χ2n) is 16.5. The van der Waals surface area contributed by atoms with Crippen LogP contribution < -0.4 is 14.4 Å². The Labute approximate surface area is 377 Å². The summed E-state index contributed by atoms with van der Waals surface area (Å²) in [5, 5.41) is 0. The number of nitrogens with one attached hydrogen (secondary N) is 1. The molecular weight excluding hydrogens is 952 g/mol. The number of piperidine rings is 1. The van der Waals surface area contributed by atoms with Crippen LogP contribution >= 0.6 is 0 Å². The number of amides is 1. The van der Waals surface area contributed by atoms with Crippen LogP contribution in [-0.2, 0) is 50.5 Å². The first kappa shape index (κ1) is 58.8. The molecule has 1 aliphatic carbocycles. The molecule has 28 heteroatoms. The Morgan fingerprint density at radius 1 is 0.797 bits per heavy atom. The quantitative estimate of drug-likeness (QED) is 0.214. The molecule has 1 aromatic carbocycles. The molecule has 3 fully saturated rings. The van der Waals surface area contributed by atoms with Crippen LogP contribution in [0.3, 0.4) is 0 Å². The molecule has 1 spiro atoms. The number of carbonyl (C=O) groups is 1. The van der Waals surface area contributed by atoms with Gasteiger partial charge in [-0.3, -0.25) is 23.0 Å². The monoisotopic (exact) mass is 1010 g/mol. The zero-order valence-electron chi connectivity index (χ0n) is 37.3. The first-order chi connectivity index (χ1) is 28.8. The van der Waals surface area contributed by atoms with E-state index in [1.165, 1.54) is 30.8 Å². The van der Waals surface area contributed by atoms with Gasteiger partial charge < -0.3 is 19.4 Å². The summed E-state index contributed by atoms with van der Waals surface area (Å²) in [7, 11) is -17.8. The van der Waals surface area contributed by atoms with Crippen LogP contribution in [0.5, 0.6) is 11.5 Å². The van der Waals surface area contributed by atoms with Crippen molar-refractivity contribution in [3.63, 3.8) is 0 Å². The summed E-state index contributed by atoms with van der Waals surface area (Å²) in [6.45, 7) is 12.7. The third-order valence-corrected chi connectivity index (χ3v) is 10.2. The van der Waals surface area contributed by atoms with Crippen molar-refractivity contribution in [3.05, 3.63) is 42.1 Å². The fourth-order valence-electron chi connectivity index (χ4n) is 7.27. The van der Waals surface area contributed by atoms with Gasteiger partial charge in [0.25, 0.3) is 46.4 Å². The van der Waals surface area contributed by atoms with Gasteiger partial charge in [0, 0.05) is 43.2 Å². The molecule has 1 amide bonds. The highest BCUT2D eigenvalue weighted by molar-refractivity contribution is 7.88. The fraction of sp³-hybridized carbons (Fsp3) is 0.694. The molecule has 22 nitrogen and oxygen atoms in total. The average Bonchev–Trinajstić information content (AvgIpc) is 3.06. The van der Waals surface area contributed by atoms with Crippen molar-refractivity contribution >= 4 is 62.2 Å². The normalized spacial score (nSPS) is 19.0. The van der Waals surface area contributed by atoms with Gasteiger partial charge in [-0.25, -0.2) is 27.5 Å². The molecule has 2 saturated heterocycles. The number of likely N-dealkylation sites (tertiary alicyclic amines) is 1. The predicted molar refractivity (Wildman–Crippen MR) is 239 cm³/mol. The van der Waals surface area contributed by atoms with Gasteiger partial charge in [-0.2, -0.15) is 33.7 Å². The Hall–Kier alpha value is -3.19. The largest absolute Gasteiger partial charge is 0.451 e. The number of hydrogen-bond acceptors (Lipinski definition) is 16. The highest BCUT2D eigenvalue weighted by Crippen LogP contribution is 2.45. The van der Waals surface area contributed by atoms with Crippen LogP contribution in [0.25, 0.3) is 0 Å². The molecule has 0 bridgehead atoms. The lowest BCUT2D eigenvalue weighted by molar-refractivity contribution is 0.0618. The number of rotatable bonds is 10. The van der Waals surface area contributed by atoms with Crippen LogP contribution in [-0.4, -0.2) is 168 Å². The minimum absolute atomic E-state index is 0.0582. The number of ether oxygens (including phenoxy) is 1. The van der Waals surface area contributed by atoms with E-state index in [2.05, 4.69) is 24.5 Å². The van der Waals surface area contributed by atoms with Crippen molar-refractivity contribution in [2.75, 3.05) is 68.9 Å². The Kier molecular flexibility index (Phi) is 22.6. The number of aromatic nitrogens is 2. The Bertz CT molecular complexity index is 2220. The fourth-order valence-corrected chi connectivity index (χ4v) is 8.11. The molecule has 64 heavy (non-hydrogen) atoms. The molecule has 5 N–H and O–H groups in total. The molecule has 5 rings (SSSR count). The summed E-state index contributed by atoms with van der Waals surface area (Å²) in [5.41, 5.74) is 0.414. The van der Waals surface area contributed by atoms with Gasteiger partial charge in [-0.1, -0.05) is 0 Å². The second-order valence-corrected chi connectivity index (χ2v) is 24.2. The van der Waals surface area contributed by atoms with Gasteiger partial charge in [-0.15, -0.1) is 0 Å². The number of anilines is 1. The van der Waals surface area contributed by atoms with Crippen LogP contribution in [0.15, 0.2) is 30.7 Å². The van der Waals surface area contributed by atoms with E-state index in [9.17, 15) is 51.3 Å². The molecule has 1 aromatic heterocycles. The lowest BCUT2D eigenvalue weighted by atomic mass is 9.71. The van der Waals surface area contributed by atoms with Gasteiger partial charge in [0.15, 0.2) is 11.6 Å². The van der Waals surface area contributed by atoms with E-state index < -0.39 is 56.3 Å². The van der Waals surface area contributed by atoms with E-state index in [0.29, 0.717) is 42.5 Å². The maximum Gasteiger partial charge on any atom is 0.261 e. The molecule has 2 aliphatic heterocycles. The topological polar surface area (TPSA) is 325 Å². The Morgan fingerprint density at radius 3 is 1.67 bits per heavy atom. The summed E-state index contributed by atoms with van der Waals surface area (Å²) >= 11 is 0. The minimum atomic E-state index is -3.67. The standard InChI is InChI=1S/C32H47FN6O4S.4CH4O3S/c1-22(2)39(23(3)4)31(40)27-16-25(33)8-11-28(27)43-29-17-34-21-35-30(29)38-19-32(20-38)12-14-37(15-13-32)18-24-6-9-26(10-7-24)36-44(5,41)42;4*1-5(2,3)4/h8,11,16-17,21-24,26,36H,6-7,9-10,12-15,18-20H2,1-5H3;4*1H3,(H,2,3,4). The van der Waals surface area contributed by atoms with Crippen molar-refractivity contribution in [1.29, 1.82) is 0 Å². The molecule has 0 atom stereocenters. The molecular formula is C36H63FN6O16S5. The van der Waals surface area contributed by atoms with E-state index in [4.69, 9.17) is 22.9 Å². The summed E-state index contributed by atoms with van der Waals surface area (Å²) in [4.78, 5) is 28.7.